The first kappa shape index (κ1) is 18.3. The first-order valence-corrected chi connectivity index (χ1v) is 9.31. The van der Waals surface area contributed by atoms with Crippen LogP contribution >= 0.6 is 0 Å². The zero-order chi connectivity index (χ0) is 18.2. The SMILES string of the molecule is O=C(Cc1cnc[nH]c1=O)NC[C@@H](c1ccccc1)N1CCCCCC1. The summed E-state index contributed by atoms with van der Waals surface area (Å²) < 4.78 is 0. The van der Waals surface area contributed by atoms with Gasteiger partial charge in [-0.2, -0.15) is 0 Å². The van der Waals surface area contributed by atoms with E-state index in [0.717, 1.165) is 13.1 Å². The fourth-order valence-electron chi connectivity index (χ4n) is 3.49. The third-order valence-electron chi connectivity index (χ3n) is 4.90. The summed E-state index contributed by atoms with van der Waals surface area (Å²) in [5, 5.41) is 3.01. The lowest BCUT2D eigenvalue weighted by Gasteiger charge is -2.31. The topological polar surface area (TPSA) is 78.1 Å². The van der Waals surface area contributed by atoms with Gasteiger partial charge in [0.25, 0.3) is 5.56 Å². The Bertz CT molecular complexity index is 752. The van der Waals surface area contributed by atoms with Crippen molar-refractivity contribution in [3.63, 3.8) is 0 Å². The molecule has 1 fully saturated rings. The average molecular weight is 354 g/mol. The Hall–Kier alpha value is -2.47. The number of benzene rings is 1. The number of hydrogen-bond donors (Lipinski definition) is 2. The summed E-state index contributed by atoms with van der Waals surface area (Å²) in [4.78, 5) is 32.9. The smallest absolute Gasteiger partial charge is 0.254 e. The van der Waals surface area contributed by atoms with Gasteiger partial charge in [0.15, 0.2) is 0 Å². The van der Waals surface area contributed by atoms with Crippen molar-refractivity contribution >= 4 is 5.91 Å². The number of aromatic amines is 1. The second-order valence-corrected chi connectivity index (χ2v) is 6.76. The summed E-state index contributed by atoms with van der Waals surface area (Å²) in [6, 6.07) is 10.5. The van der Waals surface area contributed by atoms with Crippen LogP contribution in [-0.2, 0) is 11.2 Å². The summed E-state index contributed by atoms with van der Waals surface area (Å²) in [6.07, 6.45) is 7.76. The van der Waals surface area contributed by atoms with E-state index in [2.05, 4.69) is 32.3 Å². The molecule has 6 heteroatoms. The van der Waals surface area contributed by atoms with Gasteiger partial charge in [0, 0.05) is 18.3 Å². The molecule has 3 rings (SSSR count). The number of carbonyl (C=O) groups is 1. The van der Waals surface area contributed by atoms with Crippen molar-refractivity contribution < 1.29 is 4.79 Å². The van der Waals surface area contributed by atoms with Crippen LogP contribution in [0.5, 0.6) is 0 Å². The summed E-state index contributed by atoms with van der Waals surface area (Å²) in [5.74, 6) is -0.153. The molecule has 1 amide bonds. The monoisotopic (exact) mass is 354 g/mol. The molecule has 1 aliphatic heterocycles. The summed E-state index contributed by atoms with van der Waals surface area (Å²) in [5.41, 5.74) is 1.34. The first-order valence-electron chi connectivity index (χ1n) is 9.31. The average Bonchev–Trinajstić information content (AvgIpc) is 2.94. The largest absolute Gasteiger partial charge is 0.354 e. The molecule has 2 aromatic rings. The number of H-pyrrole nitrogens is 1. The van der Waals surface area contributed by atoms with Crippen molar-refractivity contribution in [2.45, 2.75) is 38.1 Å². The van der Waals surface area contributed by atoms with E-state index in [-0.39, 0.29) is 23.9 Å². The lowest BCUT2D eigenvalue weighted by atomic mass is 10.0. The molecule has 0 bridgehead atoms. The van der Waals surface area contributed by atoms with Crippen LogP contribution in [0.1, 0.15) is 42.9 Å². The lowest BCUT2D eigenvalue weighted by Crippen LogP contribution is -2.39. The maximum atomic E-state index is 12.3. The summed E-state index contributed by atoms with van der Waals surface area (Å²) in [6.45, 7) is 2.65. The molecule has 0 spiro atoms. The van der Waals surface area contributed by atoms with Crippen LogP contribution in [0.4, 0.5) is 0 Å². The van der Waals surface area contributed by atoms with E-state index >= 15 is 0 Å². The molecule has 0 unspecified atom stereocenters. The molecule has 1 aliphatic rings. The highest BCUT2D eigenvalue weighted by Gasteiger charge is 2.22. The third kappa shape index (κ3) is 5.02. The van der Waals surface area contributed by atoms with Gasteiger partial charge < -0.3 is 10.3 Å². The van der Waals surface area contributed by atoms with Crippen molar-refractivity contribution in [1.29, 1.82) is 0 Å². The number of amides is 1. The number of nitrogens with zero attached hydrogens (tertiary/aromatic N) is 2. The number of rotatable bonds is 6. The highest BCUT2D eigenvalue weighted by molar-refractivity contribution is 5.78. The van der Waals surface area contributed by atoms with Crippen molar-refractivity contribution in [2.24, 2.45) is 0 Å². The molecular formula is C20H26N4O2. The molecule has 2 heterocycles. The zero-order valence-electron chi connectivity index (χ0n) is 15.0. The Kier molecular flexibility index (Phi) is 6.55. The molecule has 2 N–H and O–H groups in total. The van der Waals surface area contributed by atoms with Crippen LogP contribution in [-0.4, -0.2) is 40.4 Å². The van der Waals surface area contributed by atoms with E-state index in [1.165, 1.54) is 43.8 Å². The minimum atomic E-state index is -0.262. The molecule has 1 aromatic heterocycles. The van der Waals surface area contributed by atoms with Gasteiger partial charge in [-0.25, -0.2) is 4.98 Å². The van der Waals surface area contributed by atoms with Gasteiger partial charge >= 0.3 is 0 Å². The molecule has 1 atom stereocenters. The van der Waals surface area contributed by atoms with E-state index in [1.54, 1.807) is 0 Å². The van der Waals surface area contributed by atoms with Gasteiger partial charge in [-0.1, -0.05) is 43.2 Å². The number of likely N-dealkylation sites (tertiary alicyclic amines) is 1. The molecule has 0 aliphatic carbocycles. The molecule has 26 heavy (non-hydrogen) atoms. The number of nitrogens with one attached hydrogen (secondary N) is 2. The predicted octanol–water partition coefficient (Wildman–Crippen LogP) is 2.05. The quantitative estimate of drug-likeness (QED) is 0.832. The second kappa shape index (κ2) is 9.29. The first-order chi connectivity index (χ1) is 12.7. The van der Waals surface area contributed by atoms with E-state index in [4.69, 9.17) is 0 Å². The maximum Gasteiger partial charge on any atom is 0.254 e. The van der Waals surface area contributed by atoms with Gasteiger partial charge in [0.2, 0.25) is 5.91 Å². The molecule has 0 radical (unpaired) electrons. The van der Waals surface area contributed by atoms with Crippen LogP contribution in [0.3, 0.4) is 0 Å². The van der Waals surface area contributed by atoms with Crippen LogP contribution in [0.15, 0.2) is 47.7 Å². The van der Waals surface area contributed by atoms with E-state index in [0.29, 0.717) is 12.1 Å². The molecule has 1 aromatic carbocycles. The number of aromatic nitrogens is 2. The van der Waals surface area contributed by atoms with Crippen LogP contribution in [0.2, 0.25) is 0 Å². The number of hydrogen-bond acceptors (Lipinski definition) is 4. The Morgan fingerprint density at radius 2 is 1.88 bits per heavy atom. The van der Waals surface area contributed by atoms with Gasteiger partial charge in [-0.15, -0.1) is 0 Å². The Balaban J connectivity index is 1.66. The Morgan fingerprint density at radius 1 is 1.15 bits per heavy atom. The molecular weight excluding hydrogens is 328 g/mol. The van der Waals surface area contributed by atoms with Crippen LogP contribution < -0.4 is 10.9 Å². The summed E-state index contributed by atoms with van der Waals surface area (Å²) in [7, 11) is 0. The van der Waals surface area contributed by atoms with E-state index in [9.17, 15) is 9.59 Å². The molecule has 1 saturated heterocycles. The summed E-state index contributed by atoms with van der Waals surface area (Å²) >= 11 is 0. The van der Waals surface area contributed by atoms with Gasteiger partial charge in [0.05, 0.1) is 18.8 Å². The van der Waals surface area contributed by atoms with Crippen molar-refractivity contribution in [1.82, 2.24) is 20.2 Å². The zero-order valence-corrected chi connectivity index (χ0v) is 15.0. The highest BCUT2D eigenvalue weighted by Crippen LogP contribution is 2.23. The Morgan fingerprint density at radius 3 is 2.58 bits per heavy atom. The third-order valence-corrected chi connectivity index (χ3v) is 4.90. The molecule has 0 saturated carbocycles. The van der Waals surface area contributed by atoms with Gasteiger partial charge in [-0.3, -0.25) is 14.5 Å². The second-order valence-electron chi connectivity index (χ2n) is 6.76. The molecule has 6 nitrogen and oxygen atoms in total. The fraction of sp³-hybridized carbons (Fsp3) is 0.450. The lowest BCUT2D eigenvalue weighted by molar-refractivity contribution is -0.120. The predicted molar refractivity (Wildman–Crippen MR) is 101 cm³/mol. The fourth-order valence-corrected chi connectivity index (χ4v) is 3.49. The standard InChI is InChI=1S/C20H26N4O2/c25-19(12-17-13-21-15-23-20(17)26)22-14-18(16-8-4-3-5-9-16)24-10-6-1-2-7-11-24/h3-5,8-9,13,15,18H,1-2,6-7,10-12,14H2,(H,22,25)(H,21,23,26)/t18-/m0/s1. The van der Waals surface area contributed by atoms with Crippen LogP contribution in [0, 0.1) is 0 Å². The van der Waals surface area contributed by atoms with E-state index in [1.807, 2.05) is 18.2 Å². The maximum absolute atomic E-state index is 12.3. The van der Waals surface area contributed by atoms with E-state index < -0.39 is 0 Å². The normalized spacial score (nSPS) is 16.6. The van der Waals surface area contributed by atoms with Gasteiger partial charge in [0.1, 0.15) is 0 Å². The van der Waals surface area contributed by atoms with Crippen molar-refractivity contribution in [3.05, 3.63) is 64.3 Å². The number of carbonyl (C=O) groups excluding carboxylic acids is 1. The minimum absolute atomic E-state index is 0.0463. The highest BCUT2D eigenvalue weighted by atomic mass is 16.2. The minimum Gasteiger partial charge on any atom is -0.354 e. The Labute approximate surface area is 153 Å². The molecule has 138 valence electrons. The van der Waals surface area contributed by atoms with Crippen molar-refractivity contribution in [2.75, 3.05) is 19.6 Å². The van der Waals surface area contributed by atoms with Crippen molar-refractivity contribution in [3.8, 4) is 0 Å². The van der Waals surface area contributed by atoms with Crippen LogP contribution in [0.25, 0.3) is 0 Å². The van der Waals surface area contributed by atoms with Gasteiger partial charge in [-0.05, 0) is 31.5 Å².